The first-order chi connectivity index (χ1) is 9.87. The molecule has 5 nitrogen and oxygen atoms in total. The zero-order valence-corrected chi connectivity index (χ0v) is 14.9. The highest BCUT2D eigenvalue weighted by atomic mass is 79.9. The van der Waals surface area contributed by atoms with Gasteiger partial charge >= 0.3 is 0 Å². The first kappa shape index (κ1) is 16.5. The van der Waals surface area contributed by atoms with Gasteiger partial charge in [0.2, 0.25) is 0 Å². The fourth-order valence-electron chi connectivity index (χ4n) is 3.01. The molecule has 1 aliphatic rings. The van der Waals surface area contributed by atoms with Gasteiger partial charge in [-0.3, -0.25) is 4.79 Å². The number of likely N-dealkylation sites (N-methyl/N-ethyl adjacent to an activating group) is 1. The maximum atomic E-state index is 12.2. The molecule has 0 amide bonds. The van der Waals surface area contributed by atoms with Crippen molar-refractivity contribution in [1.29, 1.82) is 0 Å². The highest BCUT2D eigenvalue weighted by Crippen LogP contribution is 2.34. The molecule has 1 aromatic heterocycles. The van der Waals surface area contributed by atoms with Gasteiger partial charge in [0.05, 0.1) is 17.9 Å². The number of rotatable bonds is 5. The molecule has 1 saturated carbocycles. The van der Waals surface area contributed by atoms with Crippen LogP contribution in [-0.2, 0) is 0 Å². The summed E-state index contributed by atoms with van der Waals surface area (Å²) >= 11 is 3.41. The Bertz CT molecular complexity index is 547. The quantitative estimate of drug-likeness (QED) is 0.881. The van der Waals surface area contributed by atoms with E-state index in [1.165, 1.54) is 30.4 Å². The maximum absolute atomic E-state index is 12.2. The standard InChI is InChI=1S/C15H25BrN4O/c1-11(2)20-14(21)13(16)12(9-18-20)17-10-15(19(3)4)7-5-6-8-15/h9,11,17H,5-8,10H2,1-4H3. The van der Waals surface area contributed by atoms with Crippen molar-refractivity contribution in [2.75, 3.05) is 26.0 Å². The molecule has 0 atom stereocenters. The third kappa shape index (κ3) is 3.31. The third-order valence-corrected chi connectivity index (χ3v) is 5.29. The Morgan fingerprint density at radius 3 is 2.57 bits per heavy atom. The summed E-state index contributed by atoms with van der Waals surface area (Å²) in [6.45, 7) is 4.74. The highest BCUT2D eigenvalue weighted by Gasteiger charge is 2.35. The summed E-state index contributed by atoms with van der Waals surface area (Å²) in [7, 11) is 4.27. The van der Waals surface area contributed by atoms with Gasteiger partial charge in [0.25, 0.3) is 5.56 Å². The molecular weight excluding hydrogens is 332 g/mol. The molecular formula is C15H25BrN4O. The number of hydrogen-bond acceptors (Lipinski definition) is 4. The van der Waals surface area contributed by atoms with E-state index in [2.05, 4.69) is 45.3 Å². The van der Waals surface area contributed by atoms with Gasteiger partial charge < -0.3 is 10.2 Å². The second kappa shape index (κ2) is 6.48. The number of nitrogens with zero attached hydrogens (tertiary/aromatic N) is 3. The zero-order valence-electron chi connectivity index (χ0n) is 13.3. The van der Waals surface area contributed by atoms with Crippen molar-refractivity contribution in [2.24, 2.45) is 0 Å². The summed E-state index contributed by atoms with van der Waals surface area (Å²) in [5.41, 5.74) is 0.886. The Kier molecular flexibility index (Phi) is 5.09. The molecule has 0 aromatic carbocycles. The maximum Gasteiger partial charge on any atom is 0.283 e. The van der Waals surface area contributed by atoms with Crippen LogP contribution in [0.25, 0.3) is 0 Å². The molecule has 21 heavy (non-hydrogen) atoms. The Morgan fingerprint density at radius 1 is 1.43 bits per heavy atom. The second-order valence-electron chi connectivity index (χ2n) is 6.40. The summed E-state index contributed by atoms with van der Waals surface area (Å²) in [6, 6.07) is 0.0609. The lowest BCUT2D eigenvalue weighted by Gasteiger charge is -2.36. The molecule has 1 fully saturated rings. The minimum atomic E-state index is -0.0830. The fraction of sp³-hybridized carbons (Fsp3) is 0.733. The average Bonchev–Trinajstić information content (AvgIpc) is 2.90. The molecule has 2 rings (SSSR count). The van der Waals surface area contributed by atoms with Crippen LogP contribution >= 0.6 is 15.9 Å². The molecule has 1 heterocycles. The summed E-state index contributed by atoms with van der Waals surface area (Å²) in [5.74, 6) is 0. The molecule has 0 bridgehead atoms. The lowest BCUT2D eigenvalue weighted by Crippen LogP contribution is -2.47. The van der Waals surface area contributed by atoms with Gasteiger partial charge in [-0.05, 0) is 56.7 Å². The van der Waals surface area contributed by atoms with Gasteiger partial charge in [-0.25, -0.2) is 4.68 Å². The third-order valence-electron chi connectivity index (χ3n) is 4.52. The van der Waals surface area contributed by atoms with Crippen LogP contribution in [-0.4, -0.2) is 40.9 Å². The van der Waals surface area contributed by atoms with Crippen molar-refractivity contribution in [3.8, 4) is 0 Å². The topological polar surface area (TPSA) is 50.2 Å². The number of halogens is 1. The van der Waals surface area contributed by atoms with E-state index < -0.39 is 0 Å². The normalized spacial score (nSPS) is 17.7. The Hall–Kier alpha value is -0.880. The van der Waals surface area contributed by atoms with E-state index in [0.29, 0.717) is 4.47 Å². The Morgan fingerprint density at radius 2 is 2.05 bits per heavy atom. The lowest BCUT2D eigenvalue weighted by molar-refractivity contribution is 0.172. The van der Waals surface area contributed by atoms with Crippen LogP contribution in [0.15, 0.2) is 15.5 Å². The minimum absolute atomic E-state index is 0.0609. The first-order valence-electron chi connectivity index (χ1n) is 7.56. The van der Waals surface area contributed by atoms with Crippen LogP contribution in [0.5, 0.6) is 0 Å². The number of anilines is 1. The van der Waals surface area contributed by atoms with Crippen molar-refractivity contribution >= 4 is 21.6 Å². The van der Waals surface area contributed by atoms with Crippen molar-refractivity contribution in [3.63, 3.8) is 0 Å². The number of aromatic nitrogens is 2. The summed E-state index contributed by atoms with van der Waals surface area (Å²) < 4.78 is 2.06. The van der Waals surface area contributed by atoms with Crippen LogP contribution in [0.4, 0.5) is 5.69 Å². The molecule has 118 valence electrons. The van der Waals surface area contributed by atoms with Crippen molar-refractivity contribution in [2.45, 2.75) is 51.1 Å². The predicted molar refractivity (Wildman–Crippen MR) is 90.0 cm³/mol. The van der Waals surface area contributed by atoms with Crippen LogP contribution in [0.2, 0.25) is 0 Å². The Labute approximate surface area is 134 Å². The van der Waals surface area contributed by atoms with Crippen LogP contribution in [0, 0.1) is 0 Å². The van der Waals surface area contributed by atoms with Gasteiger partial charge in [0.1, 0.15) is 4.47 Å². The van der Waals surface area contributed by atoms with Gasteiger partial charge in [0, 0.05) is 12.1 Å². The monoisotopic (exact) mass is 356 g/mol. The molecule has 0 radical (unpaired) electrons. The van der Waals surface area contributed by atoms with E-state index in [1.807, 2.05) is 13.8 Å². The van der Waals surface area contributed by atoms with Crippen LogP contribution in [0.3, 0.4) is 0 Å². The zero-order chi connectivity index (χ0) is 15.6. The van der Waals surface area contributed by atoms with Gasteiger partial charge in [-0.1, -0.05) is 12.8 Å². The van der Waals surface area contributed by atoms with Gasteiger partial charge in [-0.2, -0.15) is 5.10 Å². The summed E-state index contributed by atoms with van der Waals surface area (Å²) in [4.78, 5) is 14.6. The summed E-state index contributed by atoms with van der Waals surface area (Å²) in [6.07, 6.45) is 6.68. The largest absolute Gasteiger partial charge is 0.381 e. The molecule has 0 aliphatic heterocycles. The summed E-state index contributed by atoms with van der Waals surface area (Å²) in [5, 5.41) is 7.67. The molecule has 0 unspecified atom stereocenters. The lowest BCUT2D eigenvalue weighted by atomic mass is 9.96. The van der Waals surface area contributed by atoms with E-state index >= 15 is 0 Å². The smallest absolute Gasteiger partial charge is 0.283 e. The minimum Gasteiger partial charge on any atom is -0.381 e. The molecule has 1 aromatic rings. The molecule has 0 saturated heterocycles. The molecule has 0 spiro atoms. The second-order valence-corrected chi connectivity index (χ2v) is 7.19. The van der Waals surface area contributed by atoms with Crippen LogP contribution in [0.1, 0.15) is 45.6 Å². The average molecular weight is 357 g/mol. The fourth-order valence-corrected chi connectivity index (χ4v) is 3.44. The van der Waals surface area contributed by atoms with Crippen LogP contribution < -0.4 is 10.9 Å². The van der Waals surface area contributed by atoms with E-state index in [1.54, 1.807) is 6.20 Å². The van der Waals surface area contributed by atoms with E-state index in [4.69, 9.17) is 0 Å². The van der Waals surface area contributed by atoms with Crippen molar-refractivity contribution < 1.29 is 0 Å². The SMILES string of the molecule is CC(C)n1ncc(NCC2(N(C)C)CCCC2)c(Br)c1=O. The van der Waals surface area contributed by atoms with E-state index in [0.717, 1.165) is 12.2 Å². The number of nitrogens with one attached hydrogen (secondary N) is 1. The van der Waals surface area contributed by atoms with Crippen molar-refractivity contribution in [1.82, 2.24) is 14.7 Å². The van der Waals surface area contributed by atoms with Gasteiger partial charge in [0.15, 0.2) is 0 Å². The van der Waals surface area contributed by atoms with Crippen molar-refractivity contribution in [3.05, 3.63) is 21.0 Å². The number of hydrogen-bond donors (Lipinski definition) is 1. The van der Waals surface area contributed by atoms with E-state index in [-0.39, 0.29) is 17.1 Å². The van der Waals surface area contributed by atoms with Gasteiger partial charge in [-0.15, -0.1) is 0 Å². The first-order valence-corrected chi connectivity index (χ1v) is 8.35. The van der Waals surface area contributed by atoms with E-state index in [9.17, 15) is 4.79 Å². The molecule has 1 N–H and O–H groups in total. The molecule has 6 heteroatoms. The highest BCUT2D eigenvalue weighted by molar-refractivity contribution is 9.10. The predicted octanol–water partition coefficient (Wildman–Crippen LogP) is 2.87. The Balaban J connectivity index is 2.17. The molecule has 1 aliphatic carbocycles.